The third kappa shape index (κ3) is 4.14. The molecule has 0 fully saturated rings. The van der Waals surface area contributed by atoms with E-state index in [-0.39, 0.29) is 18.9 Å². The van der Waals surface area contributed by atoms with Gasteiger partial charge in [0.2, 0.25) is 0 Å². The number of hydrogen-bond acceptors (Lipinski definition) is 4. The van der Waals surface area contributed by atoms with Crippen molar-refractivity contribution in [1.29, 1.82) is 0 Å². The summed E-state index contributed by atoms with van der Waals surface area (Å²) in [4.78, 5) is 26.5. The number of aliphatic carboxylic acids is 1. The zero-order valence-electron chi connectivity index (χ0n) is 10.3. The summed E-state index contributed by atoms with van der Waals surface area (Å²) >= 11 is 0. The number of carbonyl (C=O) groups excluding carboxylic acids is 1. The third-order valence-corrected chi connectivity index (χ3v) is 2.34. The van der Waals surface area contributed by atoms with Gasteiger partial charge in [-0.2, -0.15) is 0 Å². The van der Waals surface area contributed by atoms with Crippen molar-refractivity contribution in [1.82, 2.24) is 10.3 Å². The number of methoxy groups -OCH3 is 1. The van der Waals surface area contributed by atoms with Crippen LogP contribution in [0.25, 0.3) is 0 Å². The Morgan fingerprint density at radius 3 is 2.78 bits per heavy atom. The van der Waals surface area contributed by atoms with Crippen LogP contribution in [-0.4, -0.2) is 41.2 Å². The van der Waals surface area contributed by atoms with E-state index in [1.165, 1.54) is 13.3 Å². The van der Waals surface area contributed by atoms with Crippen molar-refractivity contribution in [2.45, 2.75) is 18.9 Å². The topological polar surface area (TPSA) is 88.5 Å². The van der Waals surface area contributed by atoms with E-state index < -0.39 is 11.5 Å². The van der Waals surface area contributed by atoms with Gasteiger partial charge < -0.3 is 15.2 Å². The Morgan fingerprint density at radius 2 is 2.28 bits per heavy atom. The highest BCUT2D eigenvalue weighted by molar-refractivity contribution is 5.94. The van der Waals surface area contributed by atoms with Crippen LogP contribution in [0.1, 0.15) is 23.7 Å². The van der Waals surface area contributed by atoms with E-state index >= 15 is 0 Å². The summed E-state index contributed by atoms with van der Waals surface area (Å²) in [7, 11) is 1.45. The Kier molecular flexibility index (Phi) is 4.79. The molecule has 18 heavy (non-hydrogen) atoms. The average Bonchev–Trinajstić information content (AvgIpc) is 2.28. The first-order valence-corrected chi connectivity index (χ1v) is 5.40. The maximum atomic E-state index is 11.9. The van der Waals surface area contributed by atoms with Crippen LogP contribution in [0.4, 0.5) is 0 Å². The summed E-state index contributed by atoms with van der Waals surface area (Å²) in [6.45, 7) is 1.74. The van der Waals surface area contributed by atoms with E-state index in [4.69, 9.17) is 9.84 Å². The van der Waals surface area contributed by atoms with Gasteiger partial charge in [0, 0.05) is 19.5 Å². The lowest BCUT2D eigenvalue weighted by Gasteiger charge is -2.28. The number of amides is 1. The van der Waals surface area contributed by atoms with Crippen molar-refractivity contribution in [2.24, 2.45) is 0 Å². The minimum absolute atomic E-state index is 0.116. The molecule has 1 rings (SSSR count). The molecule has 1 unspecified atom stereocenters. The number of aromatic nitrogens is 1. The molecule has 2 N–H and O–H groups in total. The fraction of sp³-hybridized carbons (Fsp3) is 0.417. The van der Waals surface area contributed by atoms with Crippen molar-refractivity contribution in [3.63, 3.8) is 0 Å². The van der Waals surface area contributed by atoms with Gasteiger partial charge in [-0.05, 0) is 19.1 Å². The molecule has 1 aromatic rings. The molecule has 0 bridgehead atoms. The van der Waals surface area contributed by atoms with Gasteiger partial charge in [0.25, 0.3) is 5.91 Å². The minimum atomic E-state index is -0.999. The van der Waals surface area contributed by atoms with Crippen LogP contribution in [0.15, 0.2) is 24.5 Å². The number of pyridine rings is 1. The Hall–Kier alpha value is -1.95. The molecule has 0 radical (unpaired) electrons. The van der Waals surface area contributed by atoms with Crippen LogP contribution in [0.3, 0.4) is 0 Å². The van der Waals surface area contributed by atoms with Gasteiger partial charge >= 0.3 is 5.97 Å². The second-order valence-corrected chi connectivity index (χ2v) is 4.26. The molecule has 98 valence electrons. The Bertz CT molecular complexity index is 421. The minimum Gasteiger partial charge on any atom is -0.481 e. The Morgan fingerprint density at radius 1 is 1.56 bits per heavy atom. The maximum Gasteiger partial charge on any atom is 0.305 e. The molecule has 6 nitrogen and oxygen atoms in total. The van der Waals surface area contributed by atoms with Crippen LogP contribution in [-0.2, 0) is 9.53 Å². The van der Waals surface area contributed by atoms with Gasteiger partial charge in [0.1, 0.15) is 0 Å². The molecule has 0 aliphatic carbocycles. The number of nitrogens with zero attached hydrogens (tertiary/aromatic N) is 1. The summed E-state index contributed by atoms with van der Waals surface area (Å²) in [5.41, 5.74) is -0.571. The van der Waals surface area contributed by atoms with Crippen LogP contribution >= 0.6 is 0 Å². The molecule has 1 heterocycles. The Labute approximate surface area is 105 Å². The summed E-state index contributed by atoms with van der Waals surface area (Å²) < 4.78 is 4.95. The van der Waals surface area contributed by atoms with Gasteiger partial charge in [-0.25, -0.2) is 0 Å². The number of hydrogen-bond donors (Lipinski definition) is 2. The molecule has 0 aliphatic rings. The number of ether oxygens (including phenoxy) is 1. The normalized spacial score (nSPS) is 13.7. The van der Waals surface area contributed by atoms with Crippen LogP contribution in [0.5, 0.6) is 0 Å². The molecule has 1 atom stereocenters. The lowest BCUT2D eigenvalue weighted by Crippen LogP contribution is -2.50. The molecule has 0 spiro atoms. The maximum absolute atomic E-state index is 11.9. The molecule has 0 aromatic carbocycles. The van der Waals surface area contributed by atoms with E-state index in [0.29, 0.717) is 5.56 Å². The van der Waals surface area contributed by atoms with Crippen molar-refractivity contribution in [3.8, 4) is 0 Å². The molecule has 1 aromatic heterocycles. The van der Waals surface area contributed by atoms with Crippen LogP contribution < -0.4 is 5.32 Å². The summed E-state index contributed by atoms with van der Waals surface area (Å²) in [5.74, 6) is -1.37. The molecule has 0 saturated carbocycles. The lowest BCUT2D eigenvalue weighted by molar-refractivity contribution is -0.139. The van der Waals surface area contributed by atoms with Gasteiger partial charge in [0.15, 0.2) is 0 Å². The van der Waals surface area contributed by atoms with Crippen molar-refractivity contribution >= 4 is 11.9 Å². The first-order valence-electron chi connectivity index (χ1n) is 5.40. The largest absolute Gasteiger partial charge is 0.481 e. The predicted octanol–water partition coefficient (Wildman–Crippen LogP) is 0.691. The highest BCUT2D eigenvalue weighted by Gasteiger charge is 2.29. The first kappa shape index (κ1) is 14.1. The van der Waals surface area contributed by atoms with Crippen molar-refractivity contribution in [2.75, 3.05) is 13.7 Å². The Balaban J connectivity index is 2.78. The predicted molar refractivity (Wildman–Crippen MR) is 64.2 cm³/mol. The van der Waals surface area contributed by atoms with Gasteiger partial charge in [-0.15, -0.1) is 0 Å². The zero-order chi connectivity index (χ0) is 13.6. The molecular formula is C12H16N2O4. The molecule has 0 saturated heterocycles. The summed E-state index contributed by atoms with van der Waals surface area (Å²) in [6, 6.07) is 3.25. The first-order chi connectivity index (χ1) is 8.47. The van der Waals surface area contributed by atoms with E-state index in [0.717, 1.165) is 0 Å². The van der Waals surface area contributed by atoms with Gasteiger partial charge in [-0.3, -0.25) is 14.6 Å². The molecule has 0 aliphatic heterocycles. The lowest BCUT2D eigenvalue weighted by atomic mass is 9.98. The quantitative estimate of drug-likeness (QED) is 0.777. The van der Waals surface area contributed by atoms with E-state index in [1.54, 1.807) is 25.3 Å². The smallest absolute Gasteiger partial charge is 0.305 e. The van der Waals surface area contributed by atoms with E-state index in [1.807, 2.05) is 0 Å². The number of rotatable bonds is 6. The summed E-state index contributed by atoms with van der Waals surface area (Å²) in [5, 5.41) is 11.5. The fourth-order valence-electron chi connectivity index (χ4n) is 1.63. The number of nitrogens with one attached hydrogen (secondary N) is 1. The van der Waals surface area contributed by atoms with Crippen LogP contribution in [0.2, 0.25) is 0 Å². The zero-order valence-corrected chi connectivity index (χ0v) is 10.3. The van der Waals surface area contributed by atoms with Gasteiger partial charge in [0.05, 0.1) is 24.1 Å². The number of carboxylic acid groups (broad SMARTS) is 1. The van der Waals surface area contributed by atoms with Crippen molar-refractivity contribution in [3.05, 3.63) is 30.1 Å². The molecule has 6 heteroatoms. The third-order valence-electron chi connectivity index (χ3n) is 2.34. The highest BCUT2D eigenvalue weighted by atomic mass is 16.5. The van der Waals surface area contributed by atoms with Crippen LogP contribution in [0, 0.1) is 0 Å². The highest BCUT2D eigenvalue weighted by Crippen LogP contribution is 2.11. The standard InChI is InChI=1S/C12H16N2O4/c1-12(8-18-2,6-10(15)16)14-11(17)9-4-3-5-13-7-9/h3-5,7H,6,8H2,1-2H3,(H,14,17)(H,15,16). The number of carbonyl (C=O) groups is 2. The van der Waals surface area contributed by atoms with E-state index in [9.17, 15) is 9.59 Å². The van der Waals surface area contributed by atoms with Crippen molar-refractivity contribution < 1.29 is 19.4 Å². The second kappa shape index (κ2) is 6.11. The SMILES string of the molecule is COCC(C)(CC(=O)O)NC(=O)c1cccnc1. The molecular weight excluding hydrogens is 236 g/mol. The monoisotopic (exact) mass is 252 g/mol. The van der Waals surface area contributed by atoms with E-state index in [2.05, 4.69) is 10.3 Å². The fourth-order valence-corrected chi connectivity index (χ4v) is 1.63. The average molecular weight is 252 g/mol. The van der Waals surface area contributed by atoms with Gasteiger partial charge in [-0.1, -0.05) is 0 Å². The summed E-state index contributed by atoms with van der Waals surface area (Å²) in [6.07, 6.45) is 2.76. The molecule has 1 amide bonds. The number of carboxylic acids is 1. The second-order valence-electron chi connectivity index (χ2n) is 4.26.